The molecule has 0 unspecified atom stereocenters. The zero-order chi connectivity index (χ0) is 21.2. The Kier molecular flexibility index (Phi) is 6.49. The summed E-state index contributed by atoms with van der Waals surface area (Å²) >= 11 is 18.1. The van der Waals surface area contributed by atoms with Gasteiger partial charge in [0, 0.05) is 15.6 Å². The Morgan fingerprint density at radius 1 is 1.00 bits per heavy atom. The van der Waals surface area contributed by atoms with E-state index in [1.807, 2.05) is 11.6 Å². The van der Waals surface area contributed by atoms with Gasteiger partial charge in [0.25, 0.3) is 15.9 Å². The number of pyridine rings is 1. The smallest absolute Gasteiger partial charge is 0.266 e. The normalized spacial score (nSPS) is 11.3. The molecule has 0 aliphatic rings. The molecule has 3 aromatic rings. The standard InChI is InChI=1S/C20H15Cl3N2O3S/c1-2-12-7-8-17(13-9-14(21)11-15(22)10-13)24-19(12)20(26)25-29(27,28)18-6-4-3-5-16(18)23/h3-11H,2H2,1H3,(H,25,26). The summed E-state index contributed by atoms with van der Waals surface area (Å²) in [6, 6.07) is 14.2. The molecular weight excluding hydrogens is 455 g/mol. The van der Waals surface area contributed by atoms with E-state index in [9.17, 15) is 13.2 Å². The summed E-state index contributed by atoms with van der Waals surface area (Å²) in [4.78, 5) is 17.0. The molecular formula is C20H15Cl3N2O3S. The van der Waals surface area contributed by atoms with Gasteiger partial charge in [-0.25, -0.2) is 18.1 Å². The van der Waals surface area contributed by atoms with Crippen LogP contribution in [0, 0.1) is 0 Å². The molecule has 0 bridgehead atoms. The molecule has 9 heteroatoms. The van der Waals surface area contributed by atoms with Crippen LogP contribution in [0.15, 0.2) is 59.5 Å². The van der Waals surface area contributed by atoms with Crippen molar-refractivity contribution < 1.29 is 13.2 Å². The number of nitrogens with one attached hydrogen (secondary N) is 1. The van der Waals surface area contributed by atoms with Crippen LogP contribution in [0.3, 0.4) is 0 Å². The summed E-state index contributed by atoms with van der Waals surface area (Å²) in [6.07, 6.45) is 0.485. The molecule has 1 aromatic heterocycles. The molecule has 5 nitrogen and oxygen atoms in total. The average Bonchev–Trinajstić information content (AvgIpc) is 2.66. The number of halogens is 3. The third-order valence-corrected chi connectivity index (χ3v) is 6.35. The highest BCUT2D eigenvalue weighted by molar-refractivity contribution is 7.90. The van der Waals surface area contributed by atoms with Gasteiger partial charge in [-0.3, -0.25) is 4.79 Å². The van der Waals surface area contributed by atoms with Crippen molar-refractivity contribution in [1.29, 1.82) is 0 Å². The quantitative estimate of drug-likeness (QED) is 0.543. The third-order valence-electron chi connectivity index (χ3n) is 4.09. The van der Waals surface area contributed by atoms with Crippen LogP contribution in [0.2, 0.25) is 15.1 Å². The number of hydrogen-bond donors (Lipinski definition) is 1. The Bertz CT molecular complexity index is 1180. The molecule has 1 heterocycles. The van der Waals surface area contributed by atoms with E-state index in [2.05, 4.69) is 4.98 Å². The van der Waals surface area contributed by atoms with Crippen LogP contribution in [-0.2, 0) is 16.4 Å². The van der Waals surface area contributed by atoms with Crippen molar-refractivity contribution in [3.63, 3.8) is 0 Å². The summed E-state index contributed by atoms with van der Waals surface area (Å²) < 4.78 is 27.2. The molecule has 2 aromatic carbocycles. The predicted molar refractivity (Wildman–Crippen MR) is 115 cm³/mol. The van der Waals surface area contributed by atoms with Gasteiger partial charge in [0.15, 0.2) is 0 Å². The van der Waals surface area contributed by atoms with E-state index in [0.717, 1.165) is 0 Å². The number of carbonyl (C=O) groups is 1. The molecule has 0 atom stereocenters. The van der Waals surface area contributed by atoms with Crippen molar-refractivity contribution in [2.24, 2.45) is 0 Å². The van der Waals surface area contributed by atoms with Crippen LogP contribution >= 0.6 is 34.8 Å². The third kappa shape index (κ3) is 4.90. The SMILES string of the molecule is CCc1ccc(-c2cc(Cl)cc(Cl)c2)nc1C(=O)NS(=O)(=O)c1ccccc1Cl. The molecule has 1 amide bonds. The fourth-order valence-electron chi connectivity index (χ4n) is 2.72. The minimum absolute atomic E-state index is 0.00303. The van der Waals surface area contributed by atoms with E-state index < -0.39 is 15.9 Å². The van der Waals surface area contributed by atoms with Gasteiger partial charge in [-0.15, -0.1) is 0 Å². The van der Waals surface area contributed by atoms with Crippen molar-refractivity contribution >= 4 is 50.7 Å². The summed E-state index contributed by atoms with van der Waals surface area (Å²) in [5.74, 6) is -0.850. The molecule has 0 saturated carbocycles. The topological polar surface area (TPSA) is 76.1 Å². The van der Waals surface area contributed by atoms with Crippen LogP contribution in [0.25, 0.3) is 11.3 Å². The largest absolute Gasteiger partial charge is 0.283 e. The molecule has 0 spiro atoms. The first-order valence-electron chi connectivity index (χ1n) is 8.49. The van der Waals surface area contributed by atoms with Gasteiger partial charge in [0.1, 0.15) is 10.6 Å². The Morgan fingerprint density at radius 3 is 2.28 bits per heavy atom. The maximum Gasteiger partial charge on any atom is 0.283 e. The van der Waals surface area contributed by atoms with Gasteiger partial charge in [0.05, 0.1) is 10.7 Å². The van der Waals surface area contributed by atoms with Crippen molar-refractivity contribution in [2.75, 3.05) is 0 Å². The van der Waals surface area contributed by atoms with Gasteiger partial charge >= 0.3 is 0 Å². The second-order valence-electron chi connectivity index (χ2n) is 6.08. The Labute approximate surface area is 183 Å². The highest BCUT2D eigenvalue weighted by Gasteiger charge is 2.23. The number of sulfonamides is 1. The van der Waals surface area contributed by atoms with E-state index in [-0.39, 0.29) is 15.6 Å². The van der Waals surface area contributed by atoms with E-state index in [4.69, 9.17) is 34.8 Å². The minimum atomic E-state index is -4.17. The maximum atomic E-state index is 12.8. The van der Waals surface area contributed by atoms with Crippen molar-refractivity contribution in [3.05, 3.63) is 80.9 Å². The van der Waals surface area contributed by atoms with E-state index in [1.54, 1.807) is 36.4 Å². The molecule has 0 saturated heterocycles. The Morgan fingerprint density at radius 2 is 1.66 bits per heavy atom. The average molecular weight is 470 g/mol. The highest BCUT2D eigenvalue weighted by Crippen LogP contribution is 2.27. The fourth-order valence-corrected chi connectivity index (χ4v) is 4.72. The van der Waals surface area contributed by atoms with Crippen LogP contribution in [0.4, 0.5) is 0 Å². The first kappa shape index (κ1) is 21.6. The number of aromatic nitrogens is 1. The molecule has 0 fully saturated rings. The first-order chi connectivity index (χ1) is 13.7. The molecule has 1 N–H and O–H groups in total. The lowest BCUT2D eigenvalue weighted by atomic mass is 10.1. The van der Waals surface area contributed by atoms with Gasteiger partial charge < -0.3 is 0 Å². The molecule has 29 heavy (non-hydrogen) atoms. The number of rotatable bonds is 5. The minimum Gasteiger partial charge on any atom is -0.266 e. The molecule has 3 rings (SSSR count). The number of carbonyl (C=O) groups excluding carboxylic acids is 1. The Hall–Kier alpha value is -2.12. The molecule has 150 valence electrons. The summed E-state index contributed by atoms with van der Waals surface area (Å²) in [5.41, 5.74) is 1.63. The first-order valence-corrected chi connectivity index (χ1v) is 11.1. The van der Waals surface area contributed by atoms with Crippen molar-refractivity contribution in [1.82, 2.24) is 9.71 Å². The summed E-state index contributed by atoms with van der Waals surface area (Å²) in [5, 5.41) is 0.848. The lowest BCUT2D eigenvalue weighted by Gasteiger charge is -2.12. The lowest BCUT2D eigenvalue weighted by molar-refractivity contribution is 0.0975. The van der Waals surface area contributed by atoms with Crippen LogP contribution < -0.4 is 4.72 Å². The number of benzene rings is 2. The van der Waals surface area contributed by atoms with E-state index >= 15 is 0 Å². The van der Waals surface area contributed by atoms with Crippen molar-refractivity contribution in [2.45, 2.75) is 18.2 Å². The second-order valence-corrected chi connectivity index (χ2v) is 9.01. The van der Waals surface area contributed by atoms with E-state index in [1.165, 1.54) is 18.2 Å². The second kappa shape index (κ2) is 8.71. The van der Waals surface area contributed by atoms with Gasteiger partial charge in [-0.1, -0.05) is 59.9 Å². The summed E-state index contributed by atoms with van der Waals surface area (Å²) in [7, 11) is -4.17. The van der Waals surface area contributed by atoms with Gasteiger partial charge in [0.2, 0.25) is 0 Å². The monoisotopic (exact) mass is 468 g/mol. The van der Waals surface area contributed by atoms with Crippen LogP contribution in [0.5, 0.6) is 0 Å². The van der Waals surface area contributed by atoms with Crippen LogP contribution in [-0.4, -0.2) is 19.3 Å². The maximum absolute atomic E-state index is 12.8. The fraction of sp³-hybridized carbons (Fsp3) is 0.100. The van der Waals surface area contributed by atoms with Gasteiger partial charge in [-0.2, -0.15) is 0 Å². The zero-order valence-electron chi connectivity index (χ0n) is 15.1. The molecule has 0 aliphatic heterocycles. The highest BCUT2D eigenvalue weighted by atomic mass is 35.5. The van der Waals surface area contributed by atoms with E-state index in [0.29, 0.717) is 33.3 Å². The summed E-state index contributed by atoms with van der Waals surface area (Å²) in [6.45, 7) is 1.84. The lowest BCUT2D eigenvalue weighted by Crippen LogP contribution is -2.32. The zero-order valence-corrected chi connectivity index (χ0v) is 18.2. The number of amides is 1. The Balaban J connectivity index is 2.01. The molecule has 0 radical (unpaired) electrons. The molecule has 0 aliphatic carbocycles. The number of nitrogens with zero attached hydrogens (tertiary/aromatic N) is 1. The number of hydrogen-bond acceptors (Lipinski definition) is 4. The van der Waals surface area contributed by atoms with Gasteiger partial charge in [-0.05, 0) is 48.4 Å². The number of aryl methyl sites for hydroxylation is 1. The van der Waals surface area contributed by atoms with Crippen molar-refractivity contribution in [3.8, 4) is 11.3 Å². The van der Waals surface area contributed by atoms with Crippen LogP contribution in [0.1, 0.15) is 23.0 Å². The predicted octanol–water partition coefficient (Wildman–Crippen LogP) is 5.39.